The van der Waals surface area contributed by atoms with Crippen LogP contribution in [0.2, 0.25) is 15.1 Å². The van der Waals surface area contributed by atoms with E-state index >= 15 is 0 Å². The molecule has 1 aliphatic heterocycles. The SMILES string of the molecule is CC1CCCCCCCC(=O)N(Cc2ccc(OCc3ccc(Cl)c(Cl)c3)cc2)C(c2c(C(=O)O)[nH]c3cc(Cl)ccc23)C(=O)N1. The smallest absolute Gasteiger partial charge is 0.352 e. The number of nitrogens with zero attached hydrogens (tertiary/aromatic N) is 1. The van der Waals surface area contributed by atoms with Crippen molar-refractivity contribution >= 4 is 63.5 Å². The van der Waals surface area contributed by atoms with Crippen LogP contribution >= 0.6 is 34.8 Å². The van der Waals surface area contributed by atoms with Crippen molar-refractivity contribution in [3.05, 3.63) is 98.1 Å². The third-order valence-corrected chi connectivity index (χ3v) is 9.22. The van der Waals surface area contributed by atoms with E-state index < -0.39 is 17.9 Å². The van der Waals surface area contributed by atoms with Crippen LogP contribution in [0.4, 0.5) is 0 Å². The van der Waals surface area contributed by atoms with Crippen molar-refractivity contribution in [3.8, 4) is 5.75 Å². The van der Waals surface area contributed by atoms with E-state index in [1.54, 1.807) is 42.5 Å². The van der Waals surface area contributed by atoms with Gasteiger partial charge in [-0.2, -0.15) is 0 Å². The van der Waals surface area contributed by atoms with Crippen LogP contribution in [-0.2, 0) is 22.7 Å². The molecule has 2 heterocycles. The summed E-state index contributed by atoms with van der Waals surface area (Å²) in [6.07, 6.45) is 5.58. The average Bonchev–Trinajstić information content (AvgIpc) is 3.39. The van der Waals surface area contributed by atoms with Crippen LogP contribution in [0.25, 0.3) is 10.9 Å². The fourth-order valence-corrected chi connectivity index (χ4v) is 6.37. The fraction of sp³-hybridized carbons (Fsp3) is 0.343. The van der Waals surface area contributed by atoms with Gasteiger partial charge in [0, 0.05) is 40.5 Å². The Morgan fingerprint density at radius 2 is 1.63 bits per heavy atom. The van der Waals surface area contributed by atoms with E-state index in [1.807, 2.05) is 25.1 Å². The Morgan fingerprint density at radius 3 is 2.37 bits per heavy atom. The molecule has 1 aromatic heterocycles. The number of H-pyrrole nitrogens is 1. The standard InChI is InChI=1S/C35H36Cl3N3O5/c1-21-7-5-3-2-4-6-8-30(42)41(19-22-9-13-25(14-10-22)46-20-23-11-16-27(37)28(38)17-23)33(34(43)39-21)31-26-15-12-24(36)18-29(26)40-32(31)35(44)45/h9-18,21,33,40H,2-8,19-20H2,1H3,(H,39,43)(H,44,45). The maximum atomic E-state index is 14.2. The molecule has 1 fully saturated rings. The molecule has 0 saturated carbocycles. The summed E-state index contributed by atoms with van der Waals surface area (Å²) >= 11 is 18.4. The average molecular weight is 685 g/mol. The van der Waals surface area contributed by atoms with Crippen LogP contribution < -0.4 is 10.1 Å². The fourth-order valence-electron chi connectivity index (χ4n) is 5.87. The number of fused-ring (bicyclic) bond motifs is 1. The molecule has 0 aliphatic carbocycles. The van der Waals surface area contributed by atoms with E-state index in [-0.39, 0.29) is 42.8 Å². The van der Waals surface area contributed by atoms with Gasteiger partial charge in [-0.25, -0.2) is 4.79 Å². The van der Waals surface area contributed by atoms with E-state index in [2.05, 4.69) is 10.3 Å². The van der Waals surface area contributed by atoms with Gasteiger partial charge in [0.2, 0.25) is 11.8 Å². The van der Waals surface area contributed by atoms with Crippen LogP contribution in [-0.4, -0.2) is 38.8 Å². The lowest BCUT2D eigenvalue weighted by Gasteiger charge is -2.32. The van der Waals surface area contributed by atoms with Gasteiger partial charge in [-0.05, 0) is 67.3 Å². The van der Waals surface area contributed by atoms with Gasteiger partial charge in [0.25, 0.3) is 0 Å². The Balaban J connectivity index is 1.51. The highest BCUT2D eigenvalue weighted by atomic mass is 35.5. The summed E-state index contributed by atoms with van der Waals surface area (Å²) < 4.78 is 5.94. The van der Waals surface area contributed by atoms with Crippen LogP contribution in [0.5, 0.6) is 5.75 Å². The van der Waals surface area contributed by atoms with Crippen molar-refractivity contribution in [2.24, 2.45) is 0 Å². The van der Waals surface area contributed by atoms with Crippen LogP contribution in [0.3, 0.4) is 0 Å². The number of amides is 2. The van der Waals surface area contributed by atoms with Gasteiger partial charge < -0.3 is 25.0 Å². The molecule has 2 unspecified atom stereocenters. The molecular formula is C35H36Cl3N3O5. The van der Waals surface area contributed by atoms with Gasteiger partial charge in [-0.1, -0.05) is 84.8 Å². The Morgan fingerprint density at radius 1 is 0.913 bits per heavy atom. The maximum Gasteiger partial charge on any atom is 0.352 e. The number of benzene rings is 3. The number of aromatic nitrogens is 1. The van der Waals surface area contributed by atoms with E-state index in [4.69, 9.17) is 39.5 Å². The van der Waals surface area contributed by atoms with Crippen molar-refractivity contribution in [2.45, 2.75) is 77.1 Å². The Bertz CT molecular complexity index is 1720. The highest BCUT2D eigenvalue weighted by Crippen LogP contribution is 2.36. The van der Waals surface area contributed by atoms with E-state index in [9.17, 15) is 19.5 Å². The number of hydrogen-bond donors (Lipinski definition) is 3. The molecule has 3 aromatic carbocycles. The molecule has 4 aromatic rings. The van der Waals surface area contributed by atoms with Gasteiger partial charge in [0.15, 0.2) is 0 Å². The second kappa shape index (κ2) is 15.2. The topological polar surface area (TPSA) is 112 Å². The van der Waals surface area contributed by atoms with Gasteiger partial charge in [-0.3, -0.25) is 9.59 Å². The zero-order chi connectivity index (χ0) is 32.8. The molecule has 46 heavy (non-hydrogen) atoms. The summed E-state index contributed by atoms with van der Waals surface area (Å²) in [5, 5.41) is 15.2. The lowest BCUT2D eigenvalue weighted by Crippen LogP contribution is -2.46. The molecule has 1 saturated heterocycles. The predicted molar refractivity (Wildman–Crippen MR) is 181 cm³/mol. The molecule has 0 spiro atoms. The van der Waals surface area contributed by atoms with E-state index in [0.29, 0.717) is 38.1 Å². The van der Waals surface area contributed by atoms with Gasteiger partial charge in [0.05, 0.1) is 10.0 Å². The van der Waals surface area contributed by atoms with Crippen LogP contribution in [0.15, 0.2) is 60.7 Å². The molecule has 3 N–H and O–H groups in total. The number of carboxylic acid groups (broad SMARTS) is 1. The first-order valence-corrected chi connectivity index (χ1v) is 16.5. The zero-order valence-corrected chi connectivity index (χ0v) is 27.7. The third kappa shape index (κ3) is 8.16. The van der Waals surface area contributed by atoms with Crippen molar-refractivity contribution in [1.29, 1.82) is 0 Å². The molecule has 0 bridgehead atoms. The monoisotopic (exact) mass is 683 g/mol. The van der Waals surface area contributed by atoms with Crippen LogP contribution in [0.1, 0.15) is 85.1 Å². The highest BCUT2D eigenvalue weighted by Gasteiger charge is 2.37. The quantitative estimate of drug-likeness (QED) is 0.180. The van der Waals surface area contributed by atoms with E-state index in [1.165, 1.54) is 4.90 Å². The maximum absolute atomic E-state index is 14.2. The van der Waals surface area contributed by atoms with Gasteiger partial charge in [0.1, 0.15) is 24.1 Å². The minimum Gasteiger partial charge on any atom is -0.489 e. The van der Waals surface area contributed by atoms with Gasteiger partial charge in [-0.15, -0.1) is 0 Å². The van der Waals surface area contributed by atoms with Crippen molar-refractivity contribution in [2.75, 3.05) is 0 Å². The normalized spacial score (nSPS) is 18.4. The summed E-state index contributed by atoms with van der Waals surface area (Å²) in [6.45, 7) is 2.30. The molecule has 5 rings (SSSR count). The van der Waals surface area contributed by atoms with Crippen molar-refractivity contribution in [3.63, 3.8) is 0 Å². The second-order valence-electron chi connectivity index (χ2n) is 11.7. The number of hydrogen-bond acceptors (Lipinski definition) is 4. The summed E-state index contributed by atoms with van der Waals surface area (Å²) in [4.78, 5) is 45.2. The lowest BCUT2D eigenvalue weighted by molar-refractivity contribution is -0.142. The number of rotatable bonds is 7. The molecular weight excluding hydrogens is 649 g/mol. The first-order chi connectivity index (χ1) is 22.1. The molecule has 11 heteroatoms. The van der Waals surface area contributed by atoms with Crippen LogP contribution in [0, 0.1) is 0 Å². The number of nitrogens with one attached hydrogen (secondary N) is 2. The molecule has 1 aliphatic rings. The number of carbonyl (C=O) groups excluding carboxylic acids is 2. The first kappa shape index (κ1) is 33.6. The number of halogens is 3. The summed E-state index contributed by atoms with van der Waals surface area (Å²) in [5.41, 5.74) is 2.16. The zero-order valence-electron chi connectivity index (χ0n) is 25.5. The summed E-state index contributed by atoms with van der Waals surface area (Å²) in [5.74, 6) is -1.29. The molecule has 242 valence electrons. The Kier molecular flexibility index (Phi) is 11.1. The predicted octanol–water partition coefficient (Wildman–Crippen LogP) is 8.72. The lowest BCUT2D eigenvalue weighted by atomic mass is 9.98. The number of aromatic carboxylic acids is 1. The number of aromatic amines is 1. The minimum atomic E-state index is -1.23. The molecule has 2 atom stereocenters. The van der Waals surface area contributed by atoms with Crippen molar-refractivity contribution < 1.29 is 24.2 Å². The molecule has 2 amide bonds. The summed E-state index contributed by atoms with van der Waals surface area (Å²) in [7, 11) is 0. The Hall–Kier alpha value is -3.72. The second-order valence-corrected chi connectivity index (χ2v) is 13.0. The number of ether oxygens (including phenoxy) is 1. The number of carboxylic acids is 1. The first-order valence-electron chi connectivity index (χ1n) is 15.4. The largest absolute Gasteiger partial charge is 0.489 e. The minimum absolute atomic E-state index is 0.0810. The molecule has 8 nitrogen and oxygen atoms in total. The Labute approximate surface area is 283 Å². The highest BCUT2D eigenvalue weighted by molar-refractivity contribution is 6.42. The number of carbonyl (C=O) groups is 3. The summed E-state index contributed by atoms with van der Waals surface area (Å²) in [6, 6.07) is 16.2. The molecule has 0 radical (unpaired) electrons. The van der Waals surface area contributed by atoms with Gasteiger partial charge >= 0.3 is 5.97 Å². The third-order valence-electron chi connectivity index (χ3n) is 8.25. The van der Waals surface area contributed by atoms with Crippen molar-refractivity contribution in [1.82, 2.24) is 15.2 Å². The van der Waals surface area contributed by atoms with E-state index in [0.717, 1.165) is 43.2 Å².